The number of aromatic nitrogens is 8. The van der Waals surface area contributed by atoms with E-state index in [0.29, 0.717) is 35.4 Å². The van der Waals surface area contributed by atoms with Gasteiger partial charge in [0.2, 0.25) is 0 Å². The molecule has 0 bridgehead atoms. The van der Waals surface area contributed by atoms with Crippen molar-refractivity contribution in [3.8, 4) is 11.6 Å². The van der Waals surface area contributed by atoms with Crippen LogP contribution in [0.3, 0.4) is 0 Å². The number of hydrogen-bond acceptors (Lipinski definition) is 8. The van der Waals surface area contributed by atoms with Gasteiger partial charge in [-0.2, -0.15) is 5.10 Å². The average Bonchev–Trinajstić information content (AvgIpc) is 3.52. The Morgan fingerprint density at radius 2 is 2.17 bits per heavy atom. The predicted octanol–water partition coefficient (Wildman–Crippen LogP) is 2.19. The van der Waals surface area contributed by atoms with Gasteiger partial charge in [-0.1, -0.05) is 5.10 Å². The van der Waals surface area contributed by atoms with Gasteiger partial charge in [0.05, 0.1) is 17.7 Å². The number of hydrogen-bond donors (Lipinski definition) is 1. The number of imidazole rings is 1. The van der Waals surface area contributed by atoms with Gasteiger partial charge >= 0.3 is 6.01 Å². The summed E-state index contributed by atoms with van der Waals surface area (Å²) in [5.74, 6) is -0.0512. The lowest BCUT2D eigenvalue weighted by atomic mass is 10.0. The first-order chi connectivity index (χ1) is 14.8. The van der Waals surface area contributed by atoms with Crippen LogP contribution in [-0.4, -0.2) is 46.3 Å². The fourth-order valence-electron chi connectivity index (χ4n) is 3.77. The van der Waals surface area contributed by atoms with Crippen LogP contribution >= 0.6 is 0 Å². The Kier molecular flexibility index (Phi) is 3.60. The van der Waals surface area contributed by atoms with Gasteiger partial charge in [-0.3, -0.25) is 0 Å². The Labute approximate surface area is 168 Å². The molecule has 5 aromatic rings. The van der Waals surface area contributed by atoms with Gasteiger partial charge in [0, 0.05) is 31.1 Å². The molecular weight excluding hydrogens is 389 g/mol. The molecule has 0 radical (unpaired) electrons. The van der Waals surface area contributed by atoms with Crippen LogP contribution in [-0.2, 0) is 6.42 Å². The molecule has 11 heteroatoms. The molecule has 0 fully saturated rings. The van der Waals surface area contributed by atoms with E-state index in [-0.39, 0.29) is 5.82 Å². The molecule has 6 heterocycles. The molecule has 148 valence electrons. The molecule has 0 saturated carbocycles. The summed E-state index contributed by atoms with van der Waals surface area (Å²) in [7, 11) is 0. The third kappa shape index (κ3) is 2.55. The number of nitrogens with one attached hydrogen (secondary N) is 1. The molecule has 1 aliphatic heterocycles. The van der Waals surface area contributed by atoms with Crippen LogP contribution in [0.5, 0.6) is 0 Å². The summed E-state index contributed by atoms with van der Waals surface area (Å²) in [6.07, 6.45) is 7.11. The lowest BCUT2D eigenvalue weighted by molar-refractivity contribution is 0.502. The van der Waals surface area contributed by atoms with Crippen LogP contribution in [0.25, 0.3) is 17.1 Å². The molecule has 0 amide bonds. The van der Waals surface area contributed by atoms with Gasteiger partial charge in [0.15, 0.2) is 0 Å². The number of aromatic amines is 1. The SMILES string of the molecule is Fc1cccn2nc([C@H]3c4nc[nH]c4CCN3c3nnc(-c4ccncn4)o3)cc12. The monoisotopic (exact) mass is 403 g/mol. The Morgan fingerprint density at radius 1 is 1.20 bits per heavy atom. The Hall–Kier alpha value is -4.15. The van der Waals surface area contributed by atoms with Crippen molar-refractivity contribution in [2.24, 2.45) is 0 Å². The number of rotatable bonds is 3. The zero-order valence-electron chi connectivity index (χ0n) is 15.5. The largest absolute Gasteiger partial charge is 0.402 e. The summed E-state index contributed by atoms with van der Waals surface area (Å²) >= 11 is 0. The normalized spacial score (nSPS) is 16.2. The van der Waals surface area contributed by atoms with Gasteiger partial charge in [0.1, 0.15) is 29.4 Å². The minimum Gasteiger partial charge on any atom is -0.402 e. The molecule has 30 heavy (non-hydrogen) atoms. The number of halogens is 1. The van der Waals surface area contributed by atoms with Gasteiger partial charge < -0.3 is 14.3 Å². The van der Waals surface area contributed by atoms with Crippen LogP contribution in [0.2, 0.25) is 0 Å². The number of pyridine rings is 1. The van der Waals surface area contributed by atoms with Crippen molar-refractivity contribution >= 4 is 11.5 Å². The summed E-state index contributed by atoms with van der Waals surface area (Å²) in [5, 5.41) is 12.9. The summed E-state index contributed by atoms with van der Waals surface area (Å²) in [6.45, 7) is 0.599. The van der Waals surface area contributed by atoms with Crippen molar-refractivity contribution < 1.29 is 8.81 Å². The third-order valence-electron chi connectivity index (χ3n) is 5.14. The standard InChI is InChI=1S/C19H14FN9O/c20-11-2-1-6-29-15(11)8-14(27-29)17-16-12(23-10-24-16)4-7-28(17)19-26-25-18(30-19)13-3-5-21-9-22-13/h1-3,5-6,8-10,17H,4,7H2,(H,23,24)/t17-/m0/s1. The van der Waals surface area contributed by atoms with Crippen molar-refractivity contribution in [3.63, 3.8) is 0 Å². The second kappa shape index (κ2) is 6.44. The number of nitrogens with zero attached hydrogens (tertiary/aromatic N) is 8. The third-order valence-corrected chi connectivity index (χ3v) is 5.14. The zero-order chi connectivity index (χ0) is 20.1. The number of anilines is 1. The first-order valence-corrected chi connectivity index (χ1v) is 9.30. The van der Waals surface area contributed by atoms with Gasteiger partial charge in [-0.15, -0.1) is 5.10 Å². The highest BCUT2D eigenvalue weighted by Crippen LogP contribution is 2.36. The fourth-order valence-corrected chi connectivity index (χ4v) is 3.77. The van der Waals surface area contributed by atoms with Crippen LogP contribution in [0.4, 0.5) is 10.4 Å². The second-order valence-electron chi connectivity index (χ2n) is 6.85. The molecule has 1 N–H and O–H groups in total. The molecule has 0 saturated heterocycles. The minimum absolute atomic E-state index is 0.292. The molecule has 0 unspecified atom stereocenters. The summed E-state index contributed by atoms with van der Waals surface area (Å²) < 4.78 is 21.7. The van der Waals surface area contributed by atoms with E-state index >= 15 is 0 Å². The summed E-state index contributed by atoms with van der Waals surface area (Å²) in [6, 6.07) is 6.35. The van der Waals surface area contributed by atoms with Crippen LogP contribution in [0, 0.1) is 5.82 Å². The molecule has 5 aromatic heterocycles. The zero-order valence-corrected chi connectivity index (χ0v) is 15.5. The first kappa shape index (κ1) is 16.8. The van der Waals surface area contributed by atoms with E-state index in [9.17, 15) is 4.39 Å². The minimum atomic E-state index is -0.405. The van der Waals surface area contributed by atoms with E-state index in [1.165, 1.54) is 16.9 Å². The molecule has 0 aromatic carbocycles. The highest BCUT2D eigenvalue weighted by Gasteiger charge is 2.36. The summed E-state index contributed by atoms with van der Waals surface area (Å²) in [4.78, 5) is 17.7. The van der Waals surface area contributed by atoms with E-state index in [4.69, 9.17) is 4.42 Å². The molecular formula is C19H14FN9O. The Bertz CT molecular complexity index is 1340. The maximum Gasteiger partial charge on any atom is 0.319 e. The molecule has 0 spiro atoms. The highest BCUT2D eigenvalue weighted by molar-refractivity contribution is 5.53. The summed E-state index contributed by atoms with van der Waals surface area (Å²) in [5.41, 5.74) is 3.36. The van der Waals surface area contributed by atoms with Crippen LogP contribution in [0.15, 0.2) is 53.7 Å². The topological polar surface area (TPSA) is 114 Å². The van der Waals surface area contributed by atoms with E-state index in [2.05, 4.69) is 35.2 Å². The van der Waals surface area contributed by atoms with Crippen LogP contribution < -0.4 is 4.90 Å². The van der Waals surface area contributed by atoms with Crippen molar-refractivity contribution in [1.82, 2.24) is 39.7 Å². The molecule has 0 aliphatic carbocycles. The molecule has 6 rings (SSSR count). The maximum absolute atomic E-state index is 14.3. The predicted molar refractivity (Wildman–Crippen MR) is 102 cm³/mol. The lowest BCUT2D eigenvalue weighted by Crippen LogP contribution is -2.36. The molecule has 10 nitrogen and oxygen atoms in total. The lowest BCUT2D eigenvalue weighted by Gasteiger charge is -2.32. The maximum atomic E-state index is 14.3. The fraction of sp³-hybridized carbons (Fsp3) is 0.158. The molecule has 1 aliphatic rings. The smallest absolute Gasteiger partial charge is 0.319 e. The van der Waals surface area contributed by atoms with Crippen molar-refractivity contribution in [1.29, 1.82) is 0 Å². The second-order valence-corrected chi connectivity index (χ2v) is 6.85. The van der Waals surface area contributed by atoms with Crippen molar-refractivity contribution in [2.45, 2.75) is 12.5 Å². The van der Waals surface area contributed by atoms with E-state index in [1.807, 2.05) is 4.90 Å². The molecule has 1 atom stereocenters. The van der Waals surface area contributed by atoms with E-state index in [0.717, 1.165) is 17.8 Å². The highest BCUT2D eigenvalue weighted by atomic mass is 19.1. The Balaban J connectivity index is 1.46. The Morgan fingerprint density at radius 3 is 3.03 bits per heavy atom. The number of fused-ring (bicyclic) bond motifs is 2. The van der Waals surface area contributed by atoms with Gasteiger partial charge in [-0.05, 0) is 24.3 Å². The van der Waals surface area contributed by atoms with Crippen molar-refractivity contribution in [2.75, 3.05) is 11.4 Å². The van der Waals surface area contributed by atoms with Gasteiger partial charge in [0.25, 0.3) is 5.89 Å². The average molecular weight is 403 g/mol. The van der Waals surface area contributed by atoms with E-state index < -0.39 is 6.04 Å². The van der Waals surface area contributed by atoms with Crippen LogP contribution in [0.1, 0.15) is 23.1 Å². The number of H-pyrrole nitrogens is 1. The van der Waals surface area contributed by atoms with Gasteiger partial charge in [-0.25, -0.2) is 23.9 Å². The van der Waals surface area contributed by atoms with Crippen molar-refractivity contribution in [3.05, 3.63) is 72.2 Å². The quantitative estimate of drug-likeness (QED) is 0.488. The van der Waals surface area contributed by atoms with E-state index in [1.54, 1.807) is 36.9 Å². The first-order valence-electron chi connectivity index (χ1n) is 9.30.